The molecular weight excluding hydrogens is 208 g/mol. The number of nitrogens with zero attached hydrogens (tertiary/aromatic N) is 1. The third kappa shape index (κ3) is 6.85. The van der Waals surface area contributed by atoms with Crippen LogP contribution in [0, 0.1) is 5.92 Å². The van der Waals surface area contributed by atoms with Crippen LogP contribution in [0.4, 0.5) is 0 Å². The van der Waals surface area contributed by atoms with Crippen molar-refractivity contribution in [1.82, 2.24) is 10.2 Å². The van der Waals surface area contributed by atoms with Gasteiger partial charge in [-0.3, -0.25) is 0 Å². The van der Waals surface area contributed by atoms with E-state index in [4.69, 9.17) is 0 Å². The first-order chi connectivity index (χ1) is 8.22. The van der Waals surface area contributed by atoms with Gasteiger partial charge < -0.3 is 10.2 Å². The zero-order chi connectivity index (χ0) is 12.5. The Morgan fingerprint density at radius 2 is 1.94 bits per heavy atom. The highest BCUT2D eigenvalue weighted by Gasteiger charge is 2.13. The smallest absolute Gasteiger partial charge is 0.00417 e. The number of nitrogens with one attached hydrogen (secondary N) is 1. The van der Waals surface area contributed by atoms with Gasteiger partial charge in [0.1, 0.15) is 0 Å². The predicted molar refractivity (Wildman–Crippen MR) is 76.4 cm³/mol. The number of hydrogen-bond acceptors (Lipinski definition) is 2. The van der Waals surface area contributed by atoms with Crippen molar-refractivity contribution >= 4 is 0 Å². The minimum Gasteiger partial charge on any atom is -0.314 e. The lowest BCUT2D eigenvalue weighted by molar-refractivity contribution is 0.197. The first kappa shape index (κ1) is 14.7. The number of likely N-dealkylation sites (tertiary alicyclic amines) is 1. The van der Waals surface area contributed by atoms with Crippen LogP contribution in [0.5, 0.6) is 0 Å². The Morgan fingerprint density at radius 1 is 1.24 bits per heavy atom. The zero-order valence-corrected chi connectivity index (χ0v) is 11.8. The quantitative estimate of drug-likeness (QED) is 0.654. The fourth-order valence-corrected chi connectivity index (χ4v) is 2.52. The summed E-state index contributed by atoms with van der Waals surface area (Å²) in [5.74, 6) is 0.763. The van der Waals surface area contributed by atoms with E-state index in [0.29, 0.717) is 6.04 Å². The fraction of sp³-hybridized carbons (Fsp3) is 0.867. The molecule has 2 atom stereocenters. The summed E-state index contributed by atoms with van der Waals surface area (Å²) in [6.45, 7) is 13.5. The standard InChI is InChI=1S/C15H30N2/c1-4-5-9-15(3)16-12-14(2)13-17-10-7-6-8-11-17/h4,14-16H,1,5-13H2,2-3H3. The second kappa shape index (κ2) is 8.71. The summed E-state index contributed by atoms with van der Waals surface area (Å²) in [4.78, 5) is 2.63. The normalized spacial score (nSPS) is 21.1. The summed E-state index contributed by atoms with van der Waals surface area (Å²) in [5, 5.41) is 3.63. The molecule has 17 heavy (non-hydrogen) atoms. The van der Waals surface area contributed by atoms with Crippen molar-refractivity contribution in [2.24, 2.45) is 5.92 Å². The first-order valence-corrected chi connectivity index (χ1v) is 7.29. The van der Waals surface area contributed by atoms with Crippen LogP contribution in [0.3, 0.4) is 0 Å². The molecule has 2 nitrogen and oxygen atoms in total. The molecule has 0 amide bonds. The van der Waals surface area contributed by atoms with E-state index in [1.54, 1.807) is 0 Å². The van der Waals surface area contributed by atoms with Gasteiger partial charge in [-0.2, -0.15) is 0 Å². The molecule has 1 N–H and O–H groups in total. The molecular formula is C15H30N2. The lowest BCUT2D eigenvalue weighted by Gasteiger charge is -2.29. The SMILES string of the molecule is C=CCCC(C)NCC(C)CN1CCCCC1. The molecule has 1 aliphatic heterocycles. The van der Waals surface area contributed by atoms with Gasteiger partial charge in [-0.25, -0.2) is 0 Å². The fourth-order valence-electron chi connectivity index (χ4n) is 2.52. The minimum absolute atomic E-state index is 0.622. The molecule has 0 aromatic rings. The van der Waals surface area contributed by atoms with Gasteiger partial charge in [-0.1, -0.05) is 19.4 Å². The molecule has 0 bridgehead atoms. The lowest BCUT2D eigenvalue weighted by Crippen LogP contribution is -2.38. The van der Waals surface area contributed by atoms with Crippen molar-refractivity contribution < 1.29 is 0 Å². The van der Waals surface area contributed by atoms with Gasteiger partial charge in [-0.05, 0) is 58.2 Å². The topological polar surface area (TPSA) is 15.3 Å². The molecule has 0 saturated carbocycles. The van der Waals surface area contributed by atoms with Crippen LogP contribution < -0.4 is 5.32 Å². The number of hydrogen-bond donors (Lipinski definition) is 1. The first-order valence-electron chi connectivity index (χ1n) is 7.29. The van der Waals surface area contributed by atoms with Crippen molar-refractivity contribution in [3.05, 3.63) is 12.7 Å². The highest BCUT2D eigenvalue weighted by atomic mass is 15.1. The van der Waals surface area contributed by atoms with E-state index >= 15 is 0 Å². The number of piperidine rings is 1. The van der Waals surface area contributed by atoms with Gasteiger partial charge in [0, 0.05) is 12.6 Å². The second-order valence-corrected chi connectivity index (χ2v) is 5.64. The van der Waals surface area contributed by atoms with E-state index in [9.17, 15) is 0 Å². The Hall–Kier alpha value is -0.340. The Bertz CT molecular complexity index is 197. The average molecular weight is 238 g/mol. The van der Waals surface area contributed by atoms with E-state index in [1.807, 2.05) is 6.08 Å². The lowest BCUT2D eigenvalue weighted by atomic mass is 10.1. The van der Waals surface area contributed by atoms with Gasteiger partial charge >= 0.3 is 0 Å². The third-order valence-electron chi connectivity index (χ3n) is 3.64. The third-order valence-corrected chi connectivity index (χ3v) is 3.64. The van der Waals surface area contributed by atoms with Crippen LogP contribution in [0.1, 0.15) is 46.0 Å². The number of allylic oxidation sites excluding steroid dienone is 1. The molecule has 1 fully saturated rings. The van der Waals surface area contributed by atoms with E-state index in [-0.39, 0.29) is 0 Å². The van der Waals surface area contributed by atoms with Crippen molar-refractivity contribution in [3.63, 3.8) is 0 Å². The van der Waals surface area contributed by atoms with Gasteiger partial charge in [0.25, 0.3) is 0 Å². The monoisotopic (exact) mass is 238 g/mol. The molecule has 2 heteroatoms. The van der Waals surface area contributed by atoms with Crippen molar-refractivity contribution in [1.29, 1.82) is 0 Å². The molecule has 0 aromatic carbocycles. The summed E-state index contributed by atoms with van der Waals surface area (Å²) >= 11 is 0. The molecule has 1 aliphatic rings. The molecule has 0 aliphatic carbocycles. The summed E-state index contributed by atoms with van der Waals surface area (Å²) in [6, 6.07) is 0.622. The molecule has 0 radical (unpaired) electrons. The average Bonchev–Trinajstić information content (AvgIpc) is 2.35. The van der Waals surface area contributed by atoms with E-state index in [1.165, 1.54) is 45.3 Å². The van der Waals surface area contributed by atoms with Crippen LogP contribution in [0.2, 0.25) is 0 Å². The van der Waals surface area contributed by atoms with Gasteiger partial charge in [0.2, 0.25) is 0 Å². The van der Waals surface area contributed by atoms with Gasteiger partial charge in [0.05, 0.1) is 0 Å². The molecule has 0 spiro atoms. The Morgan fingerprint density at radius 3 is 2.59 bits per heavy atom. The van der Waals surface area contributed by atoms with Crippen molar-refractivity contribution in [2.45, 2.75) is 52.0 Å². The van der Waals surface area contributed by atoms with Crippen molar-refractivity contribution in [3.8, 4) is 0 Å². The minimum atomic E-state index is 0.622. The van der Waals surface area contributed by atoms with Gasteiger partial charge in [0.15, 0.2) is 0 Å². The van der Waals surface area contributed by atoms with Crippen LogP contribution in [-0.2, 0) is 0 Å². The molecule has 0 aromatic heterocycles. The molecule has 2 unspecified atom stereocenters. The molecule has 1 saturated heterocycles. The largest absolute Gasteiger partial charge is 0.314 e. The Labute approximate surface area is 107 Å². The van der Waals surface area contributed by atoms with Crippen molar-refractivity contribution in [2.75, 3.05) is 26.2 Å². The summed E-state index contributed by atoms with van der Waals surface area (Å²) in [7, 11) is 0. The number of rotatable bonds is 8. The van der Waals surface area contributed by atoms with Crippen LogP contribution in [-0.4, -0.2) is 37.1 Å². The molecule has 100 valence electrons. The highest BCUT2D eigenvalue weighted by Crippen LogP contribution is 2.10. The van der Waals surface area contributed by atoms with E-state index < -0.39 is 0 Å². The Balaban J connectivity index is 2.07. The maximum atomic E-state index is 3.77. The molecule has 1 heterocycles. The summed E-state index contributed by atoms with van der Waals surface area (Å²) in [6.07, 6.45) is 8.57. The summed E-state index contributed by atoms with van der Waals surface area (Å²) < 4.78 is 0. The van der Waals surface area contributed by atoms with Crippen LogP contribution in [0.25, 0.3) is 0 Å². The highest BCUT2D eigenvalue weighted by molar-refractivity contribution is 4.73. The zero-order valence-electron chi connectivity index (χ0n) is 11.8. The van der Waals surface area contributed by atoms with Gasteiger partial charge in [-0.15, -0.1) is 6.58 Å². The second-order valence-electron chi connectivity index (χ2n) is 5.64. The van der Waals surface area contributed by atoms with E-state index in [0.717, 1.165) is 18.9 Å². The Kier molecular flexibility index (Phi) is 7.54. The maximum absolute atomic E-state index is 3.77. The molecule has 1 rings (SSSR count). The predicted octanol–water partition coefficient (Wildman–Crippen LogP) is 3.05. The van der Waals surface area contributed by atoms with Crippen LogP contribution >= 0.6 is 0 Å². The van der Waals surface area contributed by atoms with E-state index in [2.05, 4.69) is 30.6 Å². The van der Waals surface area contributed by atoms with Crippen LogP contribution in [0.15, 0.2) is 12.7 Å². The maximum Gasteiger partial charge on any atom is 0.00417 e. The summed E-state index contributed by atoms with van der Waals surface area (Å²) in [5.41, 5.74) is 0.